The smallest absolute Gasteiger partial charge is 0.156 e. The third kappa shape index (κ3) is 2.44. The van der Waals surface area contributed by atoms with Crippen molar-refractivity contribution >= 4 is 11.4 Å². The average Bonchev–Trinajstić information content (AvgIpc) is 2.86. The Kier molecular flexibility index (Phi) is 3.05. The fourth-order valence-electron chi connectivity index (χ4n) is 2.83. The van der Waals surface area contributed by atoms with Crippen molar-refractivity contribution in [2.45, 2.75) is 26.7 Å². The summed E-state index contributed by atoms with van der Waals surface area (Å²) in [5.74, 6) is 0.206. The molecule has 1 aliphatic carbocycles. The van der Waals surface area contributed by atoms with Crippen LogP contribution in [0.1, 0.15) is 32.4 Å². The quantitative estimate of drug-likeness (QED) is 0.831. The summed E-state index contributed by atoms with van der Waals surface area (Å²) in [5, 5.41) is 4.40. The highest BCUT2D eigenvalue weighted by Gasteiger charge is 2.29. The Morgan fingerprint density at radius 3 is 2.55 bits per heavy atom. The van der Waals surface area contributed by atoms with Crippen LogP contribution in [0.5, 0.6) is 0 Å². The highest BCUT2D eigenvalue weighted by molar-refractivity contribution is 5.98. The molecule has 3 heteroatoms. The van der Waals surface area contributed by atoms with Crippen LogP contribution in [-0.4, -0.2) is 15.6 Å². The Bertz CT molecular complexity index is 665. The van der Waals surface area contributed by atoms with Crippen LogP contribution in [-0.2, 0) is 4.79 Å². The summed E-state index contributed by atoms with van der Waals surface area (Å²) < 4.78 is 1.90. The minimum atomic E-state index is 0.0208. The topological polar surface area (TPSA) is 34.9 Å². The van der Waals surface area contributed by atoms with Gasteiger partial charge in [-0.1, -0.05) is 32.0 Å². The molecule has 1 aliphatic rings. The number of benzene rings is 1. The van der Waals surface area contributed by atoms with Gasteiger partial charge in [0, 0.05) is 6.42 Å². The monoisotopic (exact) mass is 266 g/mol. The van der Waals surface area contributed by atoms with Gasteiger partial charge in [-0.2, -0.15) is 5.10 Å². The van der Waals surface area contributed by atoms with E-state index in [0.29, 0.717) is 6.42 Å². The normalized spacial score (nSPS) is 17.9. The summed E-state index contributed by atoms with van der Waals surface area (Å²) in [7, 11) is 0. The van der Waals surface area contributed by atoms with Crippen molar-refractivity contribution < 1.29 is 4.79 Å². The highest BCUT2D eigenvalue weighted by Crippen LogP contribution is 2.38. The second kappa shape index (κ2) is 4.75. The summed E-state index contributed by atoms with van der Waals surface area (Å²) >= 11 is 0. The minimum absolute atomic E-state index is 0.0208. The summed E-state index contributed by atoms with van der Waals surface area (Å²) in [6.45, 7) is 4.28. The molecule has 3 nitrogen and oxygen atoms in total. The summed E-state index contributed by atoms with van der Waals surface area (Å²) in [4.78, 5) is 11.9. The predicted octanol–water partition coefficient (Wildman–Crippen LogP) is 3.64. The molecule has 20 heavy (non-hydrogen) atoms. The predicted molar refractivity (Wildman–Crippen MR) is 79.6 cm³/mol. The molecular weight excluding hydrogens is 248 g/mol. The van der Waals surface area contributed by atoms with Crippen molar-refractivity contribution in [1.29, 1.82) is 0 Å². The van der Waals surface area contributed by atoms with Crippen molar-refractivity contribution in [1.82, 2.24) is 9.78 Å². The third-order valence-electron chi connectivity index (χ3n) is 3.63. The van der Waals surface area contributed by atoms with Gasteiger partial charge in [0.15, 0.2) is 5.78 Å². The molecule has 0 saturated heterocycles. The van der Waals surface area contributed by atoms with E-state index in [-0.39, 0.29) is 11.2 Å². The van der Waals surface area contributed by atoms with Crippen LogP contribution in [0.15, 0.2) is 48.7 Å². The first kappa shape index (κ1) is 12.9. The van der Waals surface area contributed by atoms with E-state index in [1.54, 1.807) is 12.3 Å². The van der Waals surface area contributed by atoms with E-state index in [9.17, 15) is 4.79 Å². The molecule has 0 aliphatic heterocycles. The Morgan fingerprint density at radius 1 is 1.10 bits per heavy atom. The number of hydrogen-bond donors (Lipinski definition) is 0. The minimum Gasteiger partial charge on any atom is -0.295 e. The van der Waals surface area contributed by atoms with E-state index in [2.05, 4.69) is 18.9 Å². The number of carbonyl (C=O) groups is 1. The van der Waals surface area contributed by atoms with Crippen LogP contribution < -0.4 is 0 Å². The summed E-state index contributed by atoms with van der Waals surface area (Å²) in [6.07, 6.45) is 5.09. The Labute approximate surface area is 118 Å². The lowest BCUT2D eigenvalue weighted by Gasteiger charge is -2.29. The van der Waals surface area contributed by atoms with E-state index in [1.165, 1.54) is 0 Å². The zero-order chi connectivity index (χ0) is 14.2. The molecule has 0 unspecified atom stereocenters. The second-order valence-corrected chi connectivity index (χ2v) is 6.12. The van der Waals surface area contributed by atoms with Crippen LogP contribution in [0.25, 0.3) is 11.3 Å². The van der Waals surface area contributed by atoms with Gasteiger partial charge in [-0.25, -0.2) is 4.68 Å². The molecule has 1 aromatic heterocycles. The fourth-order valence-corrected chi connectivity index (χ4v) is 2.83. The van der Waals surface area contributed by atoms with E-state index in [4.69, 9.17) is 0 Å². The molecule has 0 spiro atoms. The lowest BCUT2D eigenvalue weighted by atomic mass is 9.76. The van der Waals surface area contributed by atoms with E-state index in [0.717, 1.165) is 23.4 Å². The Balaban J connectivity index is 2.05. The number of rotatable bonds is 2. The van der Waals surface area contributed by atoms with Crippen molar-refractivity contribution in [2.24, 2.45) is 5.41 Å². The molecule has 0 saturated carbocycles. The molecule has 0 atom stereocenters. The molecule has 2 aromatic rings. The summed E-state index contributed by atoms with van der Waals surface area (Å²) in [6, 6.07) is 12.0. The van der Waals surface area contributed by atoms with E-state index < -0.39 is 0 Å². The Hall–Kier alpha value is -2.16. The number of carbonyl (C=O) groups excluding carboxylic acids is 1. The van der Waals surface area contributed by atoms with Gasteiger partial charge in [0.1, 0.15) is 0 Å². The van der Waals surface area contributed by atoms with Crippen LogP contribution in [0.2, 0.25) is 0 Å². The van der Waals surface area contributed by atoms with Gasteiger partial charge >= 0.3 is 0 Å². The van der Waals surface area contributed by atoms with Crippen LogP contribution >= 0.6 is 0 Å². The molecule has 1 heterocycles. The average molecular weight is 266 g/mol. The molecule has 102 valence electrons. The highest BCUT2D eigenvalue weighted by atomic mass is 16.1. The standard InChI is InChI=1S/C17H18N2O/c1-17(2)11-13(10-15(20)12-17)16-8-9-18-19(16)14-6-4-3-5-7-14/h3-10H,11-12H2,1-2H3. The number of hydrogen-bond acceptors (Lipinski definition) is 2. The van der Waals surface area contributed by atoms with Gasteiger partial charge in [0.2, 0.25) is 0 Å². The van der Waals surface area contributed by atoms with E-state index >= 15 is 0 Å². The number of allylic oxidation sites excluding steroid dienone is 2. The maximum Gasteiger partial charge on any atom is 0.156 e. The van der Waals surface area contributed by atoms with Crippen molar-refractivity contribution in [2.75, 3.05) is 0 Å². The van der Waals surface area contributed by atoms with Gasteiger partial charge in [0.05, 0.1) is 17.6 Å². The molecule has 0 fully saturated rings. The molecule has 0 N–H and O–H groups in total. The van der Waals surface area contributed by atoms with Gasteiger partial charge < -0.3 is 0 Å². The number of ketones is 1. The summed E-state index contributed by atoms with van der Waals surface area (Å²) in [5.41, 5.74) is 3.13. The molecular formula is C17H18N2O. The van der Waals surface area contributed by atoms with Gasteiger partial charge in [-0.15, -0.1) is 0 Å². The van der Waals surface area contributed by atoms with Gasteiger partial charge in [-0.3, -0.25) is 4.79 Å². The maximum atomic E-state index is 11.9. The van der Waals surface area contributed by atoms with Crippen molar-refractivity contribution in [3.8, 4) is 5.69 Å². The van der Waals surface area contributed by atoms with Crippen molar-refractivity contribution in [3.05, 3.63) is 54.4 Å². The SMILES string of the molecule is CC1(C)CC(=O)C=C(c2ccnn2-c2ccccc2)C1. The number of para-hydroxylation sites is 1. The molecule has 3 rings (SSSR count). The molecule has 0 amide bonds. The van der Waals surface area contributed by atoms with Crippen LogP contribution in [0.4, 0.5) is 0 Å². The lowest BCUT2D eigenvalue weighted by Crippen LogP contribution is -2.22. The fraction of sp³-hybridized carbons (Fsp3) is 0.294. The zero-order valence-corrected chi connectivity index (χ0v) is 11.8. The third-order valence-corrected chi connectivity index (χ3v) is 3.63. The van der Waals surface area contributed by atoms with Crippen LogP contribution in [0.3, 0.4) is 0 Å². The number of aromatic nitrogens is 2. The first-order valence-corrected chi connectivity index (χ1v) is 6.88. The van der Waals surface area contributed by atoms with Gasteiger partial charge in [-0.05, 0) is 41.7 Å². The first-order valence-electron chi connectivity index (χ1n) is 6.88. The van der Waals surface area contributed by atoms with Gasteiger partial charge in [0.25, 0.3) is 0 Å². The number of nitrogens with zero attached hydrogens (tertiary/aromatic N) is 2. The first-order chi connectivity index (χ1) is 9.55. The van der Waals surface area contributed by atoms with Crippen molar-refractivity contribution in [3.63, 3.8) is 0 Å². The molecule has 0 radical (unpaired) electrons. The Morgan fingerprint density at radius 2 is 1.85 bits per heavy atom. The maximum absolute atomic E-state index is 11.9. The largest absolute Gasteiger partial charge is 0.295 e. The zero-order valence-electron chi connectivity index (χ0n) is 11.8. The molecule has 1 aromatic carbocycles. The molecule has 0 bridgehead atoms. The van der Waals surface area contributed by atoms with E-state index in [1.807, 2.05) is 41.1 Å². The second-order valence-electron chi connectivity index (χ2n) is 6.12. The van der Waals surface area contributed by atoms with Crippen LogP contribution in [0, 0.1) is 5.41 Å². The lowest BCUT2D eigenvalue weighted by molar-refractivity contribution is -0.116.